The van der Waals surface area contributed by atoms with Gasteiger partial charge in [0.2, 0.25) is 0 Å². The number of benzene rings is 2. The van der Waals surface area contributed by atoms with E-state index in [0.29, 0.717) is 23.9 Å². The monoisotopic (exact) mass is 319 g/mol. The molecule has 4 nitrogen and oxygen atoms in total. The summed E-state index contributed by atoms with van der Waals surface area (Å²) in [5.41, 5.74) is 1.09. The Morgan fingerprint density at radius 1 is 1.09 bits per heavy atom. The van der Waals surface area contributed by atoms with E-state index < -0.39 is 0 Å². The van der Waals surface area contributed by atoms with E-state index in [0.717, 1.165) is 11.3 Å². The van der Waals surface area contributed by atoms with Crippen molar-refractivity contribution in [2.45, 2.75) is 6.92 Å². The van der Waals surface area contributed by atoms with Crippen molar-refractivity contribution in [2.75, 3.05) is 19.8 Å². The number of amides is 1. The van der Waals surface area contributed by atoms with Crippen LogP contribution in [0.3, 0.4) is 0 Å². The van der Waals surface area contributed by atoms with Gasteiger partial charge in [-0.15, -0.1) is 0 Å². The first-order valence-corrected chi connectivity index (χ1v) is 7.36. The van der Waals surface area contributed by atoms with Gasteiger partial charge < -0.3 is 14.8 Å². The lowest BCUT2D eigenvalue weighted by atomic mass is 10.2. The second kappa shape index (κ2) is 8.29. The van der Waals surface area contributed by atoms with Crippen LogP contribution in [0.15, 0.2) is 48.5 Å². The van der Waals surface area contributed by atoms with E-state index in [2.05, 4.69) is 5.32 Å². The van der Waals surface area contributed by atoms with Crippen LogP contribution in [0.2, 0.25) is 5.02 Å². The van der Waals surface area contributed by atoms with Crippen molar-refractivity contribution >= 4 is 17.5 Å². The summed E-state index contributed by atoms with van der Waals surface area (Å²) in [6.45, 7) is 2.77. The molecule has 0 spiro atoms. The van der Waals surface area contributed by atoms with Gasteiger partial charge in [-0.05, 0) is 48.9 Å². The molecule has 2 aromatic rings. The van der Waals surface area contributed by atoms with Crippen LogP contribution >= 0.6 is 11.6 Å². The minimum atomic E-state index is -0.179. The standard InChI is InChI=1S/C17H18ClNO3/c1-13-3-2-4-16(11-13)22-12-17(20)19-9-10-21-15-7-5-14(18)6-8-15/h2-8,11H,9-10,12H2,1H3,(H,19,20). The molecule has 0 bridgehead atoms. The van der Waals surface area contributed by atoms with Gasteiger partial charge in [0.05, 0.1) is 6.54 Å². The van der Waals surface area contributed by atoms with Gasteiger partial charge in [-0.1, -0.05) is 23.7 Å². The zero-order valence-corrected chi connectivity index (χ0v) is 13.1. The topological polar surface area (TPSA) is 47.6 Å². The van der Waals surface area contributed by atoms with Gasteiger partial charge in [0.15, 0.2) is 6.61 Å². The number of halogens is 1. The van der Waals surface area contributed by atoms with Crippen LogP contribution in [0.5, 0.6) is 11.5 Å². The first-order valence-electron chi connectivity index (χ1n) is 6.98. The summed E-state index contributed by atoms with van der Waals surface area (Å²) in [5.74, 6) is 1.23. The van der Waals surface area contributed by atoms with Crippen molar-refractivity contribution in [3.05, 3.63) is 59.1 Å². The van der Waals surface area contributed by atoms with Crippen molar-refractivity contribution in [2.24, 2.45) is 0 Å². The zero-order valence-electron chi connectivity index (χ0n) is 12.3. The van der Waals surface area contributed by atoms with E-state index in [4.69, 9.17) is 21.1 Å². The summed E-state index contributed by atoms with van der Waals surface area (Å²) in [5, 5.41) is 3.40. The van der Waals surface area contributed by atoms with E-state index in [1.807, 2.05) is 31.2 Å². The molecule has 0 atom stereocenters. The maximum absolute atomic E-state index is 11.6. The maximum Gasteiger partial charge on any atom is 0.258 e. The molecular weight excluding hydrogens is 302 g/mol. The molecule has 1 N–H and O–H groups in total. The van der Waals surface area contributed by atoms with Crippen LogP contribution in [-0.2, 0) is 4.79 Å². The molecule has 0 aliphatic carbocycles. The second-order valence-electron chi connectivity index (χ2n) is 4.76. The lowest BCUT2D eigenvalue weighted by molar-refractivity contribution is -0.123. The Morgan fingerprint density at radius 2 is 1.86 bits per heavy atom. The van der Waals surface area contributed by atoms with E-state index in [-0.39, 0.29) is 12.5 Å². The molecule has 0 fully saturated rings. The summed E-state index contributed by atoms with van der Waals surface area (Å²) in [6, 6.07) is 14.6. The van der Waals surface area contributed by atoms with Crippen molar-refractivity contribution in [3.63, 3.8) is 0 Å². The fourth-order valence-electron chi connectivity index (χ4n) is 1.80. The molecule has 0 unspecified atom stereocenters. The van der Waals surface area contributed by atoms with Gasteiger partial charge in [-0.3, -0.25) is 4.79 Å². The van der Waals surface area contributed by atoms with Crippen LogP contribution < -0.4 is 14.8 Å². The van der Waals surface area contributed by atoms with Gasteiger partial charge >= 0.3 is 0 Å². The second-order valence-corrected chi connectivity index (χ2v) is 5.19. The fourth-order valence-corrected chi connectivity index (χ4v) is 1.92. The predicted octanol–water partition coefficient (Wildman–Crippen LogP) is 3.22. The predicted molar refractivity (Wildman–Crippen MR) is 86.6 cm³/mol. The average Bonchev–Trinajstić information content (AvgIpc) is 2.51. The number of ether oxygens (including phenoxy) is 2. The van der Waals surface area contributed by atoms with Crippen LogP contribution in [0.25, 0.3) is 0 Å². The van der Waals surface area contributed by atoms with Gasteiger partial charge in [0.1, 0.15) is 18.1 Å². The Hall–Kier alpha value is -2.20. The maximum atomic E-state index is 11.6. The molecular formula is C17H18ClNO3. The zero-order chi connectivity index (χ0) is 15.8. The summed E-state index contributed by atoms with van der Waals surface area (Å²) in [4.78, 5) is 11.6. The highest BCUT2D eigenvalue weighted by Gasteiger charge is 2.02. The Labute approximate surface area is 135 Å². The minimum Gasteiger partial charge on any atom is -0.492 e. The minimum absolute atomic E-state index is 0.00953. The number of rotatable bonds is 7. The van der Waals surface area contributed by atoms with E-state index in [9.17, 15) is 4.79 Å². The van der Waals surface area contributed by atoms with Crippen LogP contribution in [-0.4, -0.2) is 25.7 Å². The Kier molecular flexibility index (Phi) is 6.10. The number of carbonyl (C=O) groups is 1. The lowest BCUT2D eigenvalue weighted by Crippen LogP contribution is -2.32. The lowest BCUT2D eigenvalue weighted by Gasteiger charge is -2.09. The van der Waals surface area contributed by atoms with Gasteiger partial charge in [0, 0.05) is 5.02 Å². The molecule has 2 aromatic carbocycles. The third kappa shape index (κ3) is 5.66. The molecule has 22 heavy (non-hydrogen) atoms. The molecule has 2 rings (SSSR count). The fraction of sp³-hybridized carbons (Fsp3) is 0.235. The molecule has 0 saturated carbocycles. The van der Waals surface area contributed by atoms with Crippen LogP contribution in [0.1, 0.15) is 5.56 Å². The number of carbonyl (C=O) groups excluding carboxylic acids is 1. The number of aryl methyl sites for hydroxylation is 1. The highest BCUT2D eigenvalue weighted by atomic mass is 35.5. The van der Waals surface area contributed by atoms with Gasteiger partial charge in [-0.2, -0.15) is 0 Å². The first kappa shape index (κ1) is 16.2. The molecule has 0 heterocycles. The SMILES string of the molecule is Cc1cccc(OCC(=O)NCCOc2ccc(Cl)cc2)c1. The Morgan fingerprint density at radius 3 is 2.59 bits per heavy atom. The Bertz CT molecular complexity index is 614. The van der Waals surface area contributed by atoms with Crippen molar-refractivity contribution in [3.8, 4) is 11.5 Å². The number of hydrogen-bond donors (Lipinski definition) is 1. The quantitative estimate of drug-likeness (QED) is 0.797. The van der Waals surface area contributed by atoms with Crippen molar-refractivity contribution in [1.29, 1.82) is 0 Å². The molecule has 116 valence electrons. The summed E-state index contributed by atoms with van der Waals surface area (Å²) >= 11 is 5.78. The van der Waals surface area contributed by atoms with E-state index in [1.165, 1.54) is 0 Å². The van der Waals surface area contributed by atoms with Crippen LogP contribution in [0, 0.1) is 6.92 Å². The first-order chi connectivity index (χ1) is 10.6. The molecule has 1 amide bonds. The Balaban J connectivity index is 1.62. The molecule has 0 saturated heterocycles. The van der Waals surface area contributed by atoms with Gasteiger partial charge in [0.25, 0.3) is 5.91 Å². The van der Waals surface area contributed by atoms with Gasteiger partial charge in [-0.25, -0.2) is 0 Å². The summed E-state index contributed by atoms with van der Waals surface area (Å²) < 4.78 is 10.9. The third-order valence-corrected chi connectivity index (χ3v) is 3.12. The normalized spacial score (nSPS) is 10.1. The molecule has 0 aliphatic rings. The third-order valence-electron chi connectivity index (χ3n) is 2.87. The highest BCUT2D eigenvalue weighted by molar-refractivity contribution is 6.30. The van der Waals surface area contributed by atoms with E-state index >= 15 is 0 Å². The highest BCUT2D eigenvalue weighted by Crippen LogP contribution is 2.15. The van der Waals surface area contributed by atoms with Crippen LogP contribution in [0.4, 0.5) is 0 Å². The average molecular weight is 320 g/mol. The molecule has 0 aromatic heterocycles. The molecule has 5 heteroatoms. The summed E-state index contributed by atoms with van der Waals surface area (Å²) in [6.07, 6.45) is 0. The largest absolute Gasteiger partial charge is 0.492 e. The summed E-state index contributed by atoms with van der Waals surface area (Å²) in [7, 11) is 0. The smallest absolute Gasteiger partial charge is 0.258 e. The number of hydrogen-bond acceptors (Lipinski definition) is 3. The molecule has 0 aliphatic heterocycles. The van der Waals surface area contributed by atoms with E-state index in [1.54, 1.807) is 24.3 Å². The van der Waals surface area contributed by atoms with Crippen molar-refractivity contribution < 1.29 is 14.3 Å². The number of nitrogens with one attached hydrogen (secondary N) is 1. The van der Waals surface area contributed by atoms with Crippen molar-refractivity contribution in [1.82, 2.24) is 5.32 Å². The molecule has 0 radical (unpaired) electrons.